The van der Waals surface area contributed by atoms with Gasteiger partial charge in [0.05, 0.1) is 6.54 Å². The average molecular weight is 360 g/mol. The van der Waals surface area contributed by atoms with E-state index in [0.29, 0.717) is 5.75 Å². The van der Waals surface area contributed by atoms with Crippen molar-refractivity contribution in [2.75, 3.05) is 20.2 Å². The lowest BCUT2D eigenvalue weighted by atomic mass is 10.1. The molecule has 0 spiro atoms. The van der Waals surface area contributed by atoms with Crippen molar-refractivity contribution in [1.82, 2.24) is 10.6 Å². The Hall–Kier alpha value is -2.54. The summed E-state index contributed by atoms with van der Waals surface area (Å²) in [6, 6.07) is 11.9. The largest absolute Gasteiger partial charge is 0.484 e. The molecule has 1 heterocycles. The van der Waals surface area contributed by atoms with Crippen molar-refractivity contribution in [1.29, 1.82) is 0 Å². The van der Waals surface area contributed by atoms with E-state index in [-0.39, 0.29) is 6.61 Å². The van der Waals surface area contributed by atoms with Crippen molar-refractivity contribution >= 4 is 23.2 Å². The minimum atomic E-state index is -0.482. The lowest BCUT2D eigenvalue weighted by molar-refractivity contribution is -0.119. The number of ether oxygens (including phenoxy) is 1. The predicted molar refractivity (Wildman–Crippen MR) is 102 cm³/mol. The number of hydrogen-bond acceptors (Lipinski definition) is 4. The molecule has 4 N–H and O–H groups in total. The number of nitrogens with zero attached hydrogens (tertiary/aromatic N) is 1. The van der Waals surface area contributed by atoms with Gasteiger partial charge in [-0.2, -0.15) is 0 Å². The Morgan fingerprint density at radius 1 is 1.20 bits per heavy atom. The van der Waals surface area contributed by atoms with E-state index in [1.54, 1.807) is 18.4 Å². The van der Waals surface area contributed by atoms with Crippen molar-refractivity contribution in [3.8, 4) is 5.75 Å². The fourth-order valence-electron chi connectivity index (χ4n) is 2.20. The normalized spacial score (nSPS) is 11.2. The van der Waals surface area contributed by atoms with Gasteiger partial charge in [0.25, 0.3) is 5.91 Å². The van der Waals surface area contributed by atoms with Gasteiger partial charge in [0.2, 0.25) is 0 Å². The summed E-state index contributed by atoms with van der Waals surface area (Å²) < 4.78 is 5.24. The molecular weight excluding hydrogens is 336 g/mol. The van der Waals surface area contributed by atoms with Crippen LogP contribution in [0.1, 0.15) is 15.3 Å². The number of carbonyl (C=O) groups excluding carboxylic acids is 1. The van der Waals surface area contributed by atoms with Crippen LogP contribution >= 0.6 is 11.3 Å². The van der Waals surface area contributed by atoms with Gasteiger partial charge in [0.15, 0.2) is 12.6 Å². The lowest BCUT2D eigenvalue weighted by Gasteiger charge is -2.11. The number of guanidine groups is 1. The number of nitrogens with one attached hydrogen (secondary N) is 2. The van der Waals surface area contributed by atoms with Gasteiger partial charge < -0.3 is 21.1 Å². The zero-order chi connectivity index (χ0) is 18.1. The average Bonchev–Trinajstić information content (AvgIpc) is 3.02. The number of carbonyl (C=O) groups is 1. The van der Waals surface area contributed by atoms with E-state index in [0.717, 1.165) is 25.5 Å². The number of hydrogen-bond donors (Lipinski definition) is 3. The molecule has 0 aliphatic heterocycles. The van der Waals surface area contributed by atoms with Crippen LogP contribution in [0.3, 0.4) is 0 Å². The Bertz CT molecular complexity index is 710. The summed E-state index contributed by atoms with van der Waals surface area (Å²) in [4.78, 5) is 17.5. The molecule has 0 radical (unpaired) electrons. The summed E-state index contributed by atoms with van der Waals surface area (Å²) in [5.74, 6) is 0.941. The maximum Gasteiger partial charge on any atom is 0.255 e. The van der Waals surface area contributed by atoms with Crippen LogP contribution in [0.4, 0.5) is 0 Å². The molecule has 2 aromatic rings. The number of rotatable bonds is 8. The van der Waals surface area contributed by atoms with Gasteiger partial charge >= 0.3 is 0 Å². The highest BCUT2D eigenvalue weighted by Gasteiger charge is 2.02. The fourth-order valence-corrected chi connectivity index (χ4v) is 3.03. The summed E-state index contributed by atoms with van der Waals surface area (Å²) in [6.45, 7) is 3.53. The van der Waals surface area contributed by atoms with E-state index in [1.807, 2.05) is 24.3 Å². The number of amides is 1. The van der Waals surface area contributed by atoms with Gasteiger partial charge in [-0.25, -0.2) is 0 Å². The van der Waals surface area contributed by atoms with E-state index < -0.39 is 5.91 Å². The van der Waals surface area contributed by atoms with Crippen LogP contribution in [0.25, 0.3) is 0 Å². The summed E-state index contributed by atoms with van der Waals surface area (Å²) in [7, 11) is 1.76. The molecule has 1 amide bonds. The SMILES string of the molecule is CN=C(NCCc1ccc(OCC(N)=O)cc1)NCc1ccc(C)s1. The van der Waals surface area contributed by atoms with Gasteiger partial charge in [-0.05, 0) is 43.2 Å². The van der Waals surface area contributed by atoms with Crippen molar-refractivity contribution in [2.24, 2.45) is 10.7 Å². The van der Waals surface area contributed by atoms with E-state index in [9.17, 15) is 4.79 Å². The van der Waals surface area contributed by atoms with Crippen LogP contribution in [-0.2, 0) is 17.8 Å². The molecular formula is C18H24N4O2S. The highest BCUT2D eigenvalue weighted by molar-refractivity contribution is 7.11. The molecule has 7 heteroatoms. The van der Waals surface area contributed by atoms with Crippen LogP contribution < -0.4 is 21.1 Å². The third-order valence-corrected chi connectivity index (χ3v) is 4.46. The number of aryl methyl sites for hydroxylation is 1. The van der Waals surface area contributed by atoms with Crippen molar-refractivity contribution in [2.45, 2.75) is 19.9 Å². The Balaban J connectivity index is 1.72. The number of thiophene rings is 1. The Kier molecular flexibility index (Phi) is 7.28. The molecule has 1 aromatic heterocycles. The van der Waals surface area contributed by atoms with E-state index in [1.165, 1.54) is 15.3 Å². The maximum absolute atomic E-state index is 10.7. The smallest absolute Gasteiger partial charge is 0.255 e. The van der Waals surface area contributed by atoms with Crippen LogP contribution in [0.2, 0.25) is 0 Å². The Morgan fingerprint density at radius 2 is 1.96 bits per heavy atom. The molecule has 1 aromatic carbocycles. The molecule has 0 fully saturated rings. The molecule has 0 bridgehead atoms. The highest BCUT2D eigenvalue weighted by Crippen LogP contribution is 2.14. The van der Waals surface area contributed by atoms with Gasteiger partial charge in [-0.3, -0.25) is 9.79 Å². The first-order chi connectivity index (χ1) is 12.1. The summed E-state index contributed by atoms with van der Waals surface area (Å²) in [5.41, 5.74) is 6.22. The van der Waals surface area contributed by atoms with Crippen molar-refractivity contribution in [3.63, 3.8) is 0 Å². The second-order valence-corrected chi connectivity index (χ2v) is 6.89. The third-order valence-electron chi connectivity index (χ3n) is 3.46. The Labute approximate surface area is 152 Å². The van der Waals surface area contributed by atoms with Crippen LogP contribution in [0.5, 0.6) is 5.75 Å². The quantitative estimate of drug-likeness (QED) is 0.495. The maximum atomic E-state index is 10.7. The summed E-state index contributed by atoms with van der Waals surface area (Å²) >= 11 is 1.78. The zero-order valence-electron chi connectivity index (χ0n) is 14.5. The zero-order valence-corrected chi connectivity index (χ0v) is 15.4. The van der Waals surface area contributed by atoms with Crippen molar-refractivity contribution in [3.05, 3.63) is 51.7 Å². The third kappa shape index (κ3) is 6.84. The molecule has 0 unspecified atom stereocenters. The summed E-state index contributed by atoms with van der Waals surface area (Å²) in [6.07, 6.45) is 0.856. The van der Waals surface area contributed by atoms with E-state index in [4.69, 9.17) is 10.5 Å². The molecule has 0 saturated heterocycles. The van der Waals surface area contributed by atoms with Crippen LogP contribution in [0, 0.1) is 6.92 Å². The van der Waals surface area contributed by atoms with E-state index >= 15 is 0 Å². The molecule has 134 valence electrons. The number of benzene rings is 1. The van der Waals surface area contributed by atoms with Gasteiger partial charge in [0, 0.05) is 23.3 Å². The van der Waals surface area contributed by atoms with E-state index in [2.05, 4.69) is 34.7 Å². The first-order valence-electron chi connectivity index (χ1n) is 8.06. The Morgan fingerprint density at radius 3 is 2.56 bits per heavy atom. The predicted octanol–water partition coefficient (Wildman–Crippen LogP) is 1.83. The molecule has 0 aliphatic rings. The number of primary amides is 1. The first kappa shape index (κ1) is 18.8. The second-order valence-electron chi connectivity index (χ2n) is 5.51. The first-order valence-corrected chi connectivity index (χ1v) is 8.88. The molecule has 2 rings (SSSR count). The van der Waals surface area contributed by atoms with Gasteiger partial charge in [0.1, 0.15) is 5.75 Å². The number of aliphatic imine (C=N–C) groups is 1. The van der Waals surface area contributed by atoms with Gasteiger partial charge in [-0.15, -0.1) is 11.3 Å². The molecule has 0 saturated carbocycles. The minimum absolute atomic E-state index is 0.105. The fraction of sp³-hybridized carbons (Fsp3) is 0.333. The second kappa shape index (κ2) is 9.68. The lowest BCUT2D eigenvalue weighted by Crippen LogP contribution is -2.37. The molecule has 0 atom stereocenters. The van der Waals surface area contributed by atoms with Gasteiger partial charge in [-0.1, -0.05) is 12.1 Å². The monoisotopic (exact) mass is 360 g/mol. The molecule has 25 heavy (non-hydrogen) atoms. The van der Waals surface area contributed by atoms with Crippen LogP contribution in [-0.4, -0.2) is 32.1 Å². The highest BCUT2D eigenvalue weighted by atomic mass is 32.1. The standard InChI is InChI=1S/C18H24N4O2S/c1-13-3-8-16(25-13)11-22-18(20-2)21-10-9-14-4-6-15(7-5-14)24-12-17(19)23/h3-8H,9-12H2,1-2H3,(H2,19,23)(H2,20,21,22). The molecule has 0 aliphatic carbocycles. The molecule has 6 nitrogen and oxygen atoms in total. The minimum Gasteiger partial charge on any atom is -0.484 e. The van der Waals surface area contributed by atoms with Crippen LogP contribution in [0.15, 0.2) is 41.4 Å². The number of nitrogens with two attached hydrogens (primary N) is 1. The summed E-state index contributed by atoms with van der Waals surface area (Å²) in [5, 5.41) is 6.61. The van der Waals surface area contributed by atoms with Crippen molar-refractivity contribution < 1.29 is 9.53 Å². The topological polar surface area (TPSA) is 88.7 Å².